The van der Waals surface area contributed by atoms with Crippen molar-refractivity contribution < 1.29 is 4.79 Å². The number of carbonyl (C=O) groups is 1. The number of hydrogen-bond donors (Lipinski definition) is 0. The summed E-state index contributed by atoms with van der Waals surface area (Å²) in [6.45, 7) is 2.14. The molecular formula is C9H15ClO. The van der Waals surface area contributed by atoms with Crippen LogP contribution in [0.25, 0.3) is 0 Å². The van der Waals surface area contributed by atoms with Crippen LogP contribution >= 0.6 is 11.6 Å². The van der Waals surface area contributed by atoms with E-state index in [4.69, 9.17) is 11.6 Å². The Morgan fingerprint density at radius 3 is 2.55 bits per heavy atom. The molecule has 0 spiro atoms. The molecule has 11 heavy (non-hydrogen) atoms. The molecule has 0 bridgehead atoms. The molecule has 0 saturated heterocycles. The van der Waals surface area contributed by atoms with Gasteiger partial charge in [0.25, 0.3) is 0 Å². The fourth-order valence-electron chi connectivity index (χ4n) is 1.95. The molecule has 0 heterocycles. The third kappa shape index (κ3) is 2.82. The lowest BCUT2D eigenvalue weighted by atomic mass is 9.90. The van der Waals surface area contributed by atoms with Crippen molar-refractivity contribution in [3.8, 4) is 0 Å². The van der Waals surface area contributed by atoms with Gasteiger partial charge in [-0.15, -0.1) is 0 Å². The lowest BCUT2D eigenvalue weighted by molar-refractivity contribution is -0.112. The van der Waals surface area contributed by atoms with Crippen LogP contribution in [0.2, 0.25) is 0 Å². The zero-order valence-electron chi connectivity index (χ0n) is 6.98. The van der Waals surface area contributed by atoms with Crippen molar-refractivity contribution >= 4 is 16.8 Å². The second kappa shape index (κ2) is 4.10. The zero-order chi connectivity index (χ0) is 8.27. The van der Waals surface area contributed by atoms with Crippen LogP contribution in [0.5, 0.6) is 0 Å². The third-order valence-corrected chi connectivity index (χ3v) is 2.84. The monoisotopic (exact) mass is 174 g/mol. The van der Waals surface area contributed by atoms with Crippen molar-refractivity contribution in [3.63, 3.8) is 0 Å². The summed E-state index contributed by atoms with van der Waals surface area (Å²) in [7, 11) is 0. The molecular weight excluding hydrogens is 160 g/mol. The summed E-state index contributed by atoms with van der Waals surface area (Å²) in [6, 6.07) is 0. The van der Waals surface area contributed by atoms with Gasteiger partial charge < -0.3 is 0 Å². The molecule has 2 heteroatoms. The van der Waals surface area contributed by atoms with Gasteiger partial charge in [-0.1, -0.05) is 32.6 Å². The lowest BCUT2D eigenvalue weighted by Gasteiger charge is -2.15. The molecule has 1 saturated carbocycles. The van der Waals surface area contributed by atoms with Gasteiger partial charge in [0.15, 0.2) is 0 Å². The van der Waals surface area contributed by atoms with Crippen molar-refractivity contribution in [3.05, 3.63) is 0 Å². The predicted molar refractivity (Wildman–Crippen MR) is 46.6 cm³/mol. The molecule has 0 aliphatic heterocycles. The summed E-state index contributed by atoms with van der Waals surface area (Å²) >= 11 is 5.31. The fourth-order valence-corrected chi connectivity index (χ4v) is 2.19. The van der Waals surface area contributed by atoms with Gasteiger partial charge in [-0.2, -0.15) is 0 Å². The highest BCUT2D eigenvalue weighted by atomic mass is 35.5. The lowest BCUT2D eigenvalue weighted by Crippen LogP contribution is -2.10. The van der Waals surface area contributed by atoms with E-state index in [0.29, 0.717) is 12.3 Å². The van der Waals surface area contributed by atoms with E-state index in [1.165, 1.54) is 25.7 Å². The second-order valence-corrected chi connectivity index (χ2v) is 4.00. The third-order valence-electron chi connectivity index (χ3n) is 2.69. The largest absolute Gasteiger partial charge is 0.281 e. The van der Waals surface area contributed by atoms with Gasteiger partial charge >= 0.3 is 0 Å². The Morgan fingerprint density at radius 2 is 2.09 bits per heavy atom. The summed E-state index contributed by atoms with van der Waals surface area (Å²) < 4.78 is 0. The topological polar surface area (TPSA) is 17.1 Å². The van der Waals surface area contributed by atoms with E-state index in [2.05, 4.69) is 6.92 Å². The first kappa shape index (κ1) is 9.05. The molecule has 0 radical (unpaired) electrons. The standard InChI is InChI=1S/C9H15ClO/c1-7(6-9(10)11)8-4-2-3-5-8/h7-8H,2-6H2,1H3. The molecule has 0 N–H and O–H groups in total. The SMILES string of the molecule is CC(CC(=O)Cl)C1CCCC1. The minimum absolute atomic E-state index is 0.176. The van der Waals surface area contributed by atoms with Gasteiger partial charge in [-0.25, -0.2) is 0 Å². The first-order valence-corrected chi connectivity index (χ1v) is 4.76. The Bertz CT molecular complexity index is 138. The van der Waals surface area contributed by atoms with E-state index < -0.39 is 0 Å². The van der Waals surface area contributed by atoms with Crippen molar-refractivity contribution in [2.45, 2.75) is 39.0 Å². The maximum atomic E-state index is 10.6. The molecule has 1 nitrogen and oxygen atoms in total. The summed E-state index contributed by atoms with van der Waals surface area (Å²) in [5.74, 6) is 1.26. The van der Waals surface area contributed by atoms with E-state index in [1.807, 2.05) is 0 Å². The highest BCUT2D eigenvalue weighted by Crippen LogP contribution is 2.32. The van der Waals surface area contributed by atoms with Gasteiger partial charge in [0.1, 0.15) is 0 Å². The van der Waals surface area contributed by atoms with Crippen LogP contribution in [-0.4, -0.2) is 5.24 Å². The van der Waals surface area contributed by atoms with Crippen molar-refractivity contribution in [1.82, 2.24) is 0 Å². The molecule has 64 valence electrons. The van der Waals surface area contributed by atoms with Crippen LogP contribution < -0.4 is 0 Å². The van der Waals surface area contributed by atoms with Crippen LogP contribution in [0.4, 0.5) is 0 Å². The summed E-state index contributed by atoms with van der Waals surface area (Å²) in [4.78, 5) is 10.6. The average molecular weight is 175 g/mol. The summed E-state index contributed by atoms with van der Waals surface area (Å²) in [5.41, 5.74) is 0. The quantitative estimate of drug-likeness (QED) is 0.602. The van der Waals surface area contributed by atoms with Crippen LogP contribution in [0, 0.1) is 11.8 Å². The average Bonchev–Trinajstić information content (AvgIpc) is 2.35. The Hall–Kier alpha value is -0.0400. The molecule has 0 amide bonds. The molecule has 1 aliphatic carbocycles. The van der Waals surface area contributed by atoms with E-state index in [-0.39, 0.29) is 5.24 Å². The Balaban J connectivity index is 2.28. The van der Waals surface area contributed by atoms with Gasteiger partial charge in [0.05, 0.1) is 0 Å². The molecule has 1 unspecified atom stereocenters. The van der Waals surface area contributed by atoms with Gasteiger partial charge in [-0.3, -0.25) is 4.79 Å². The molecule has 0 aromatic rings. The normalized spacial score (nSPS) is 22.0. The van der Waals surface area contributed by atoms with Crippen LogP contribution in [0.3, 0.4) is 0 Å². The van der Waals surface area contributed by atoms with E-state index >= 15 is 0 Å². The smallest absolute Gasteiger partial charge is 0.221 e. The maximum absolute atomic E-state index is 10.6. The van der Waals surface area contributed by atoms with Crippen molar-refractivity contribution in [2.75, 3.05) is 0 Å². The molecule has 1 aliphatic rings. The van der Waals surface area contributed by atoms with Crippen molar-refractivity contribution in [1.29, 1.82) is 0 Å². The fraction of sp³-hybridized carbons (Fsp3) is 0.889. The second-order valence-electron chi connectivity index (χ2n) is 3.58. The van der Waals surface area contributed by atoms with Gasteiger partial charge in [0, 0.05) is 6.42 Å². The Kier molecular flexibility index (Phi) is 3.38. The van der Waals surface area contributed by atoms with Gasteiger partial charge in [0.2, 0.25) is 5.24 Å². The summed E-state index contributed by atoms with van der Waals surface area (Å²) in [5, 5.41) is -0.176. The predicted octanol–water partition coefficient (Wildman–Crippen LogP) is 2.97. The maximum Gasteiger partial charge on any atom is 0.221 e. The highest BCUT2D eigenvalue weighted by Gasteiger charge is 2.22. The van der Waals surface area contributed by atoms with Crippen LogP contribution in [0.15, 0.2) is 0 Å². The van der Waals surface area contributed by atoms with E-state index in [9.17, 15) is 4.79 Å². The minimum atomic E-state index is -0.176. The van der Waals surface area contributed by atoms with E-state index in [0.717, 1.165) is 5.92 Å². The summed E-state index contributed by atoms with van der Waals surface area (Å²) in [6.07, 6.45) is 5.83. The molecule has 1 atom stereocenters. The molecule has 1 fully saturated rings. The first-order chi connectivity index (χ1) is 5.20. The minimum Gasteiger partial charge on any atom is -0.281 e. The number of halogens is 1. The van der Waals surface area contributed by atoms with E-state index in [1.54, 1.807) is 0 Å². The first-order valence-electron chi connectivity index (χ1n) is 4.38. The van der Waals surface area contributed by atoms with Crippen LogP contribution in [-0.2, 0) is 4.79 Å². The number of carbonyl (C=O) groups excluding carboxylic acids is 1. The molecule has 1 rings (SSSR count). The van der Waals surface area contributed by atoms with Crippen molar-refractivity contribution in [2.24, 2.45) is 11.8 Å². The Morgan fingerprint density at radius 1 is 1.55 bits per heavy atom. The molecule has 0 aromatic heterocycles. The number of rotatable bonds is 3. The Labute approximate surface area is 73.1 Å². The molecule has 0 aromatic carbocycles. The number of hydrogen-bond acceptors (Lipinski definition) is 1. The highest BCUT2D eigenvalue weighted by molar-refractivity contribution is 6.63. The zero-order valence-corrected chi connectivity index (χ0v) is 7.73. The van der Waals surface area contributed by atoms with Crippen LogP contribution in [0.1, 0.15) is 39.0 Å². The van der Waals surface area contributed by atoms with Gasteiger partial charge in [-0.05, 0) is 23.4 Å².